The number of benzene rings is 2. The van der Waals surface area contributed by atoms with Gasteiger partial charge in [-0.25, -0.2) is 13.2 Å². The van der Waals surface area contributed by atoms with Crippen molar-refractivity contribution >= 4 is 64.4 Å². The molecule has 1 N–H and O–H groups in total. The van der Waals surface area contributed by atoms with Crippen LogP contribution in [0.25, 0.3) is 11.0 Å². The first-order chi connectivity index (χ1) is 14.8. The van der Waals surface area contributed by atoms with Gasteiger partial charge in [0.2, 0.25) is 10.0 Å². The fourth-order valence-electron chi connectivity index (χ4n) is 3.48. The van der Waals surface area contributed by atoms with Gasteiger partial charge in [-0.2, -0.15) is 4.31 Å². The summed E-state index contributed by atoms with van der Waals surface area (Å²) in [5.41, 5.74) is -0.200. The number of nitrogens with zero attached hydrogens (tertiary/aromatic N) is 1. The molecule has 1 fully saturated rings. The standard InChI is InChI=1S/C21H18Br2N2O5S/c22-14-10-13-11-17(21(27)30-19(13)18(23)12-14)20(26)24-15-4-6-16(7-5-15)31(28,29)25-8-2-1-3-9-25/h4-7,10-12H,1-3,8-9H2,(H,24,26). The van der Waals surface area contributed by atoms with E-state index in [0.717, 1.165) is 23.7 Å². The highest BCUT2D eigenvalue weighted by Gasteiger charge is 2.25. The van der Waals surface area contributed by atoms with Gasteiger partial charge in [0.05, 0.1) is 9.37 Å². The van der Waals surface area contributed by atoms with Gasteiger partial charge in [0, 0.05) is 28.6 Å². The molecule has 7 nitrogen and oxygen atoms in total. The summed E-state index contributed by atoms with van der Waals surface area (Å²) in [6, 6.07) is 10.9. The van der Waals surface area contributed by atoms with Crippen LogP contribution in [0.1, 0.15) is 29.6 Å². The number of piperidine rings is 1. The van der Waals surface area contributed by atoms with Gasteiger partial charge < -0.3 is 9.73 Å². The largest absolute Gasteiger partial charge is 0.421 e. The summed E-state index contributed by atoms with van der Waals surface area (Å²) < 4.78 is 33.6. The van der Waals surface area contributed by atoms with E-state index in [0.29, 0.717) is 34.2 Å². The van der Waals surface area contributed by atoms with Crippen LogP contribution in [0.3, 0.4) is 0 Å². The normalized spacial score (nSPS) is 15.2. The number of sulfonamides is 1. The average Bonchev–Trinajstić information content (AvgIpc) is 2.75. The fraction of sp³-hybridized carbons (Fsp3) is 0.238. The molecule has 1 saturated heterocycles. The van der Waals surface area contributed by atoms with E-state index in [9.17, 15) is 18.0 Å². The van der Waals surface area contributed by atoms with E-state index < -0.39 is 21.6 Å². The molecule has 1 aliphatic rings. The Morgan fingerprint density at radius 3 is 2.35 bits per heavy atom. The van der Waals surface area contributed by atoms with Crippen LogP contribution < -0.4 is 10.9 Å². The van der Waals surface area contributed by atoms with E-state index in [-0.39, 0.29) is 10.5 Å². The number of carbonyl (C=O) groups excluding carboxylic acids is 1. The number of anilines is 1. The molecule has 0 saturated carbocycles. The van der Waals surface area contributed by atoms with E-state index in [4.69, 9.17) is 4.42 Å². The van der Waals surface area contributed by atoms with Gasteiger partial charge in [-0.05, 0) is 71.2 Å². The second-order valence-corrected chi connectivity index (χ2v) is 10.9. The highest BCUT2D eigenvalue weighted by Crippen LogP contribution is 2.28. The number of amides is 1. The van der Waals surface area contributed by atoms with Crippen LogP contribution in [-0.2, 0) is 10.0 Å². The maximum atomic E-state index is 12.7. The number of hydrogen-bond donors (Lipinski definition) is 1. The SMILES string of the molecule is O=C(Nc1ccc(S(=O)(=O)N2CCCCC2)cc1)c1cc2cc(Br)cc(Br)c2oc1=O. The summed E-state index contributed by atoms with van der Waals surface area (Å²) >= 11 is 6.70. The molecule has 3 aromatic rings. The summed E-state index contributed by atoms with van der Waals surface area (Å²) in [7, 11) is -3.55. The van der Waals surface area contributed by atoms with Gasteiger partial charge >= 0.3 is 5.63 Å². The van der Waals surface area contributed by atoms with Crippen LogP contribution >= 0.6 is 31.9 Å². The number of rotatable bonds is 4. The van der Waals surface area contributed by atoms with Crippen LogP contribution in [0.15, 0.2) is 65.5 Å². The van der Waals surface area contributed by atoms with Gasteiger partial charge in [-0.3, -0.25) is 4.79 Å². The van der Waals surface area contributed by atoms with Crippen molar-refractivity contribution in [3.05, 3.63) is 67.4 Å². The fourth-order valence-corrected chi connectivity index (χ4v) is 6.33. The van der Waals surface area contributed by atoms with E-state index in [1.54, 1.807) is 12.1 Å². The first-order valence-electron chi connectivity index (χ1n) is 9.60. The highest BCUT2D eigenvalue weighted by molar-refractivity contribution is 9.11. The van der Waals surface area contributed by atoms with Crippen LogP contribution in [0.5, 0.6) is 0 Å². The van der Waals surface area contributed by atoms with E-state index >= 15 is 0 Å². The first-order valence-corrected chi connectivity index (χ1v) is 12.6. The van der Waals surface area contributed by atoms with Crippen molar-refractivity contribution in [2.75, 3.05) is 18.4 Å². The Bertz CT molecular complexity index is 1310. The van der Waals surface area contributed by atoms with Crippen LogP contribution in [0, 0.1) is 0 Å². The quantitative estimate of drug-likeness (QED) is 0.458. The van der Waals surface area contributed by atoms with Crippen molar-refractivity contribution in [1.82, 2.24) is 4.31 Å². The van der Waals surface area contributed by atoms with Crippen molar-refractivity contribution < 1.29 is 17.6 Å². The zero-order valence-corrected chi connectivity index (χ0v) is 20.2. The molecule has 0 bridgehead atoms. The molecule has 0 aliphatic carbocycles. The monoisotopic (exact) mass is 568 g/mol. The minimum Gasteiger partial charge on any atom is -0.421 e. The summed E-state index contributed by atoms with van der Waals surface area (Å²) in [5.74, 6) is -0.640. The highest BCUT2D eigenvalue weighted by atomic mass is 79.9. The van der Waals surface area contributed by atoms with E-state index in [2.05, 4.69) is 37.2 Å². The average molecular weight is 570 g/mol. The molecule has 1 aliphatic heterocycles. The third-order valence-electron chi connectivity index (χ3n) is 5.06. The summed E-state index contributed by atoms with van der Waals surface area (Å²) in [6.07, 6.45) is 2.75. The Labute approximate surface area is 195 Å². The van der Waals surface area contributed by atoms with Crippen molar-refractivity contribution in [3.8, 4) is 0 Å². The number of hydrogen-bond acceptors (Lipinski definition) is 5. The first kappa shape index (κ1) is 22.2. The van der Waals surface area contributed by atoms with Gasteiger partial charge in [-0.15, -0.1) is 0 Å². The van der Waals surface area contributed by atoms with Gasteiger partial charge in [0.15, 0.2) is 5.58 Å². The number of carbonyl (C=O) groups is 1. The lowest BCUT2D eigenvalue weighted by molar-refractivity contribution is 0.102. The predicted octanol–water partition coefficient (Wildman–Crippen LogP) is 4.74. The summed E-state index contributed by atoms with van der Waals surface area (Å²) in [6.45, 7) is 1.04. The molecule has 0 spiro atoms. The molecule has 0 radical (unpaired) electrons. The molecule has 4 rings (SSSR count). The molecular weight excluding hydrogens is 552 g/mol. The third kappa shape index (κ3) is 4.62. The topological polar surface area (TPSA) is 96.7 Å². The van der Waals surface area contributed by atoms with E-state index in [1.807, 2.05) is 0 Å². The maximum absolute atomic E-state index is 12.7. The Morgan fingerprint density at radius 2 is 1.68 bits per heavy atom. The minimum absolute atomic E-state index is 0.150. The zero-order valence-electron chi connectivity index (χ0n) is 16.2. The van der Waals surface area contributed by atoms with Crippen molar-refractivity contribution in [1.29, 1.82) is 0 Å². The Hall–Kier alpha value is -2.01. The minimum atomic E-state index is -3.55. The lowest BCUT2D eigenvalue weighted by Crippen LogP contribution is -2.35. The summed E-state index contributed by atoms with van der Waals surface area (Å²) in [4.78, 5) is 25.1. The maximum Gasteiger partial charge on any atom is 0.349 e. The van der Waals surface area contributed by atoms with E-state index in [1.165, 1.54) is 34.6 Å². The molecule has 0 unspecified atom stereocenters. The second-order valence-electron chi connectivity index (χ2n) is 7.20. The number of halogens is 2. The number of nitrogens with one attached hydrogen (secondary N) is 1. The molecule has 31 heavy (non-hydrogen) atoms. The van der Waals surface area contributed by atoms with Gasteiger partial charge in [0.1, 0.15) is 5.56 Å². The van der Waals surface area contributed by atoms with Gasteiger partial charge in [-0.1, -0.05) is 22.4 Å². The lowest BCUT2D eigenvalue weighted by Gasteiger charge is -2.25. The molecule has 10 heteroatoms. The second kappa shape index (κ2) is 8.85. The van der Waals surface area contributed by atoms with Crippen molar-refractivity contribution in [2.45, 2.75) is 24.2 Å². The molecule has 0 atom stereocenters. The zero-order chi connectivity index (χ0) is 22.2. The third-order valence-corrected chi connectivity index (χ3v) is 8.02. The Balaban J connectivity index is 1.56. The molecule has 1 amide bonds. The van der Waals surface area contributed by atoms with Crippen molar-refractivity contribution in [2.24, 2.45) is 0 Å². The molecular formula is C21H18Br2N2O5S. The smallest absolute Gasteiger partial charge is 0.349 e. The molecule has 2 aromatic carbocycles. The van der Waals surface area contributed by atoms with Crippen LogP contribution in [0.2, 0.25) is 0 Å². The van der Waals surface area contributed by atoms with Gasteiger partial charge in [0.25, 0.3) is 5.91 Å². The Kier molecular flexibility index (Phi) is 6.34. The summed E-state index contributed by atoms with van der Waals surface area (Å²) in [5, 5.41) is 3.20. The molecule has 1 aromatic heterocycles. The molecule has 2 heterocycles. The Morgan fingerprint density at radius 1 is 1.00 bits per heavy atom. The van der Waals surface area contributed by atoms with Crippen molar-refractivity contribution in [3.63, 3.8) is 0 Å². The predicted molar refractivity (Wildman–Crippen MR) is 125 cm³/mol. The number of fused-ring (bicyclic) bond motifs is 1. The molecule has 162 valence electrons. The lowest BCUT2D eigenvalue weighted by atomic mass is 10.1. The van der Waals surface area contributed by atoms with Crippen LogP contribution in [-0.4, -0.2) is 31.7 Å². The van der Waals surface area contributed by atoms with Crippen LogP contribution in [0.4, 0.5) is 5.69 Å².